The standard InChI is InChI=1S/C22H25N5O2S/c28-21-14-17-15-30-12-5-19(17)24-27(21)11-8-25-6-9-26(10-7-25)22(29)20-13-16-3-1-2-4-18(16)23-20/h1-4,13-14,23H,5-12,15H2. The summed E-state index contributed by atoms with van der Waals surface area (Å²) in [6.45, 7) is 4.37. The molecule has 0 radical (unpaired) electrons. The Morgan fingerprint density at radius 2 is 1.93 bits per heavy atom. The van der Waals surface area contributed by atoms with Crippen molar-refractivity contribution in [3.8, 4) is 0 Å². The maximum Gasteiger partial charge on any atom is 0.270 e. The van der Waals surface area contributed by atoms with Gasteiger partial charge in [-0.3, -0.25) is 14.5 Å². The number of nitrogens with one attached hydrogen (secondary N) is 1. The van der Waals surface area contributed by atoms with Crippen LogP contribution in [0.15, 0.2) is 41.2 Å². The van der Waals surface area contributed by atoms with Crippen LogP contribution in [0, 0.1) is 0 Å². The van der Waals surface area contributed by atoms with Crippen molar-refractivity contribution in [3.05, 3.63) is 63.7 Å². The number of H-pyrrole nitrogens is 1. The monoisotopic (exact) mass is 423 g/mol. The molecular formula is C22H25N5O2S. The van der Waals surface area contributed by atoms with E-state index in [2.05, 4.69) is 15.0 Å². The molecule has 0 atom stereocenters. The number of fused-ring (bicyclic) bond motifs is 2. The Morgan fingerprint density at radius 3 is 2.77 bits per heavy atom. The second-order valence-electron chi connectivity index (χ2n) is 7.88. The number of para-hydroxylation sites is 1. The molecule has 1 fully saturated rings. The molecule has 2 aliphatic heterocycles. The van der Waals surface area contributed by atoms with Crippen molar-refractivity contribution < 1.29 is 4.79 Å². The molecule has 5 rings (SSSR count). The van der Waals surface area contributed by atoms with Gasteiger partial charge >= 0.3 is 0 Å². The third-order valence-corrected chi connectivity index (χ3v) is 6.96. The van der Waals surface area contributed by atoms with Gasteiger partial charge < -0.3 is 9.88 Å². The minimum atomic E-state index is -0.0103. The van der Waals surface area contributed by atoms with E-state index in [1.54, 1.807) is 10.7 Å². The number of aromatic amines is 1. The fraction of sp³-hybridized carbons (Fsp3) is 0.409. The molecule has 1 amide bonds. The predicted octanol–water partition coefficient (Wildman–Crippen LogP) is 1.97. The van der Waals surface area contributed by atoms with Gasteiger partial charge in [0.15, 0.2) is 0 Å². The van der Waals surface area contributed by atoms with E-state index >= 15 is 0 Å². The quantitative estimate of drug-likeness (QED) is 0.695. The van der Waals surface area contributed by atoms with Gasteiger partial charge in [-0.1, -0.05) is 18.2 Å². The number of amides is 1. The zero-order valence-electron chi connectivity index (χ0n) is 16.8. The smallest absolute Gasteiger partial charge is 0.270 e. The molecule has 3 aromatic rings. The van der Waals surface area contributed by atoms with Crippen LogP contribution in [0.1, 0.15) is 21.7 Å². The molecule has 0 saturated carbocycles. The van der Waals surface area contributed by atoms with Crippen LogP contribution in [-0.4, -0.2) is 68.9 Å². The van der Waals surface area contributed by atoms with Gasteiger partial charge in [-0.2, -0.15) is 16.9 Å². The van der Waals surface area contributed by atoms with E-state index in [9.17, 15) is 9.59 Å². The number of carbonyl (C=O) groups excluding carboxylic acids is 1. The predicted molar refractivity (Wildman–Crippen MR) is 119 cm³/mol. The van der Waals surface area contributed by atoms with E-state index in [0.717, 1.165) is 59.7 Å². The lowest BCUT2D eigenvalue weighted by atomic mass is 10.2. The lowest BCUT2D eigenvalue weighted by molar-refractivity contribution is 0.0626. The molecule has 0 bridgehead atoms. The normalized spacial score (nSPS) is 17.3. The number of thioether (sulfide) groups is 1. The molecule has 7 nitrogen and oxygen atoms in total. The van der Waals surface area contributed by atoms with Gasteiger partial charge in [-0.15, -0.1) is 0 Å². The van der Waals surface area contributed by atoms with Crippen LogP contribution in [0.4, 0.5) is 0 Å². The van der Waals surface area contributed by atoms with E-state index < -0.39 is 0 Å². The van der Waals surface area contributed by atoms with Crippen LogP contribution in [-0.2, 0) is 18.7 Å². The molecule has 0 unspecified atom stereocenters. The first-order chi connectivity index (χ1) is 14.7. The first-order valence-electron chi connectivity index (χ1n) is 10.4. The Labute approximate surface area is 179 Å². The molecule has 156 valence electrons. The summed E-state index contributed by atoms with van der Waals surface area (Å²) in [5, 5.41) is 5.65. The van der Waals surface area contributed by atoms with Gasteiger partial charge in [0.2, 0.25) is 0 Å². The largest absolute Gasteiger partial charge is 0.351 e. The molecule has 30 heavy (non-hydrogen) atoms. The molecule has 8 heteroatoms. The van der Waals surface area contributed by atoms with Gasteiger partial charge in [0.05, 0.1) is 12.2 Å². The van der Waals surface area contributed by atoms with E-state index in [4.69, 9.17) is 0 Å². The summed E-state index contributed by atoms with van der Waals surface area (Å²) in [7, 11) is 0. The highest BCUT2D eigenvalue weighted by Gasteiger charge is 2.23. The highest BCUT2D eigenvalue weighted by molar-refractivity contribution is 7.98. The van der Waals surface area contributed by atoms with Crippen molar-refractivity contribution >= 4 is 28.6 Å². The molecule has 2 aliphatic rings. The van der Waals surface area contributed by atoms with Crippen molar-refractivity contribution in [2.24, 2.45) is 0 Å². The van der Waals surface area contributed by atoms with Crippen LogP contribution in [0.3, 0.4) is 0 Å². The maximum atomic E-state index is 12.9. The summed E-state index contributed by atoms with van der Waals surface area (Å²) in [5.41, 5.74) is 3.79. The summed E-state index contributed by atoms with van der Waals surface area (Å²) < 4.78 is 1.61. The lowest BCUT2D eigenvalue weighted by Gasteiger charge is -2.34. The SMILES string of the molecule is O=C(c1cc2ccccc2[nH]1)N1CCN(CCn2nc3c(cc2=O)CSCC3)CC1. The molecule has 2 aromatic heterocycles. The summed E-state index contributed by atoms with van der Waals surface area (Å²) >= 11 is 1.86. The topological polar surface area (TPSA) is 74.2 Å². The Morgan fingerprint density at radius 1 is 1.10 bits per heavy atom. The van der Waals surface area contributed by atoms with Crippen molar-refractivity contribution in [2.75, 3.05) is 38.5 Å². The zero-order valence-corrected chi connectivity index (χ0v) is 17.7. The Bertz CT molecular complexity index is 1100. The molecule has 1 saturated heterocycles. The number of aryl methyl sites for hydroxylation is 1. The summed E-state index contributed by atoms with van der Waals surface area (Å²) in [6.07, 6.45) is 0.939. The maximum absolute atomic E-state index is 12.9. The van der Waals surface area contributed by atoms with Crippen LogP contribution in [0.25, 0.3) is 10.9 Å². The number of benzene rings is 1. The summed E-state index contributed by atoms with van der Waals surface area (Å²) in [4.78, 5) is 32.6. The van der Waals surface area contributed by atoms with Crippen molar-refractivity contribution in [2.45, 2.75) is 18.7 Å². The number of hydrogen-bond donors (Lipinski definition) is 1. The first kappa shape index (κ1) is 19.4. The highest BCUT2D eigenvalue weighted by Crippen LogP contribution is 2.21. The lowest BCUT2D eigenvalue weighted by Crippen LogP contribution is -2.49. The Balaban J connectivity index is 1.17. The van der Waals surface area contributed by atoms with Crippen LogP contribution < -0.4 is 5.56 Å². The first-order valence-corrected chi connectivity index (χ1v) is 11.6. The average molecular weight is 424 g/mol. The van der Waals surface area contributed by atoms with Gasteiger partial charge in [0.25, 0.3) is 11.5 Å². The minimum Gasteiger partial charge on any atom is -0.351 e. The molecule has 0 spiro atoms. The fourth-order valence-electron chi connectivity index (χ4n) is 4.18. The Kier molecular flexibility index (Phi) is 5.35. The fourth-order valence-corrected chi connectivity index (χ4v) is 5.13. The van der Waals surface area contributed by atoms with Crippen LogP contribution in [0.2, 0.25) is 0 Å². The van der Waals surface area contributed by atoms with Crippen LogP contribution in [0.5, 0.6) is 0 Å². The third kappa shape index (κ3) is 3.89. The van der Waals surface area contributed by atoms with Crippen molar-refractivity contribution in [1.82, 2.24) is 24.6 Å². The number of aromatic nitrogens is 3. The van der Waals surface area contributed by atoms with E-state index in [-0.39, 0.29) is 11.5 Å². The second kappa shape index (κ2) is 8.28. The molecule has 4 heterocycles. The van der Waals surface area contributed by atoms with Crippen molar-refractivity contribution in [3.63, 3.8) is 0 Å². The highest BCUT2D eigenvalue weighted by atomic mass is 32.2. The second-order valence-corrected chi connectivity index (χ2v) is 8.99. The number of rotatable bonds is 4. The number of nitrogens with zero attached hydrogens (tertiary/aromatic N) is 4. The van der Waals surface area contributed by atoms with E-state index in [1.165, 1.54) is 0 Å². The van der Waals surface area contributed by atoms with Gasteiger partial charge in [0.1, 0.15) is 5.69 Å². The van der Waals surface area contributed by atoms with Crippen LogP contribution >= 0.6 is 11.8 Å². The number of carbonyl (C=O) groups is 1. The minimum absolute atomic E-state index is 0.0103. The number of piperazine rings is 1. The molecular weight excluding hydrogens is 398 g/mol. The average Bonchev–Trinajstić information content (AvgIpc) is 3.22. The van der Waals surface area contributed by atoms with Gasteiger partial charge in [0, 0.05) is 61.9 Å². The molecule has 1 aromatic carbocycles. The van der Waals surface area contributed by atoms with Crippen molar-refractivity contribution in [1.29, 1.82) is 0 Å². The summed E-state index contributed by atoms with van der Waals surface area (Å²) in [5.74, 6) is 2.02. The van der Waals surface area contributed by atoms with E-state index in [0.29, 0.717) is 25.3 Å². The van der Waals surface area contributed by atoms with Gasteiger partial charge in [-0.05, 0) is 23.4 Å². The summed E-state index contributed by atoms with van der Waals surface area (Å²) in [6, 6.07) is 11.6. The van der Waals surface area contributed by atoms with E-state index in [1.807, 2.05) is 47.0 Å². The third-order valence-electron chi connectivity index (χ3n) is 5.95. The van der Waals surface area contributed by atoms with Gasteiger partial charge in [-0.25, -0.2) is 4.68 Å². The molecule has 0 aliphatic carbocycles. The number of hydrogen-bond acceptors (Lipinski definition) is 5. The molecule has 1 N–H and O–H groups in total. The zero-order chi connectivity index (χ0) is 20.5. The Hall–Kier alpha value is -2.58.